The van der Waals surface area contributed by atoms with Crippen molar-refractivity contribution in [2.24, 2.45) is 5.73 Å². The van der Waals surface area contributed by atoms with Crippen LogP contribution in [0.5, 0.6) is 0 Å². The van der Waals surface area contributed by atoms with Gasteiger partial charge in [-0.15, -0.1) is 11.3 Å². The number of carboxylic acid groups (broad SMARTS) is 1. The molecular weight excluding hydrogens is 378 g/mol. The standard InChI is InChI=1S/C20H19N3O4S/c21-16(11-27-10-13-6-8-15(9-7-13)19(25)26)18(24)23-20-22-17(12-28-20)14-4-2-1-3-5-14/h1-9,12,16H,10-11,21H2,(H,25,26)(H,22,23,24). The molecule has 3 rings (SSSR count). The summed E-state index contributed by atoms with van der Waals surface area (Å²) >= 11 is 1.33. The van der Waals surface area contributed by atoms with Gasteiger partial charge in [-0.05, 0) is 17.7 Å². The van der Waals surface area contributed by atoms with Gasteiger partial charge in [0.2, 0.25) is 5.91 Å². The average molecular weight is 397 g/mol. The molecule has 0 aliphatic heterocycles. The SMILES string of the molecule is NC(COCc1ccc(C(=O)O)cc1)C(=O)Nc1nc(-c2ccccc2)cs1. The summed E-state index contributed by atoms with van der Waals surface area (Å²) < 4.78 is 5.46. The number of nitrogens with two attached hydrogens (primary N) is 1. The molecule has 1 heterocycles. The molecule has 28 heavy (non-hydrogen) atoms. The zero-order valence-corrected chi connectivity index (χ0v) is 15.7. The highest BCUT2D eigenvalue weighted by Gasteiger charge is 2.16. The predicted molar refractivity (Wildman–Crippen MR) is 107 cm³/mol. The summed E-state index contributed by atoms with van der Waals surface area (Å²) in [4.78, 5) is 27.4. The maximum absolute atomic E-state index is 12.2. The molecule has 8 heteroatoms. The monoisotopic (exact) mass is 397 g/mol. The van der Waals surface area contributed by atoms with Gasteiger partial charge in [-0.2, -0.15) is 0 Å². The van der Waals surface area contributed by atoms with Crippen LogP contribution in [0.1, 0.15) is 15.9 Å². The zero-order valence-electron chi connectivity index (χ0n) is 14.9. The first-order valence-corrected chi connectivity index (χ1v) is 9.38. The van der Waals surface area contributed by atoms with E-state index in [1.165, 1.54) is 23.5 Å². The summed E-state index contributed by atoms with van der Waals surface area (Å²) in [6.45, 7) is 0.264. The fraction of sp³-hybridized carbons (Fsp3) is 0.150. The van der Waals surface area contributed by atoms with Gasteiger partial charge in [0.15, 0.2) is 5.13 Å². The number of nitrogens with one attached hydrogen (secondary N) is 1. The first-order valence-electron chi connectivity index (χ1n) is 8.50. The van der Waals surface area contributed by atoms with E-state index < -0.39 is 12.0 Å². The zero-order chi connectivity index (χ0) is 19.9. The number of amides is 1. The van der Waals surface area contributed by atoms with Crippen LogP contribution < -0.4 is 11.1 Å². The molecule has 0 saturated heterocycles. The molecule has 0 radical (unpaired) electrons. The van der Waals surface area contributed by atoms with Gasteiger partial charge < -0.3 is 20.9 Å². The van der Waals surface area contributed by atoms with Crippen LogP contribution in [0, 0.1) is 0 Å². The minimum absolute atomic E-state index is 0.0312. The summed E-state index contributed by atoms with van der Waals surface area (Å²) in [5, 5.41) is 13.9. The lowest BCUT2D eigenvalue weighted by Crippen LogP contribution is -2.39. The molecule has 4 N–H and O–H groups in total. The van der Waals surface area contributed by atoms with Crippen LogP contribution in [0.4, 0.5) is 5.13 Å². The van der Waals surface area contributed by atoms with Crippen molar-refractivity contribution in [1.82, 2.24) is 4.98 Å². The number of aromatic carboxylic acids is 1. The van der Waals surface area contributed by atoms with Gasteiger partial charge in [-0.3, -0.25) is 4.79 Å². The van der Waals surface area contributed by atoms with E-state index in [4.69, 9.17) is 15.6 Å². The number of benzene rings is 2. The molecule has 1 aromatic heterocycles. The minimum Gasteiger partial charge on any atom is -0.478 e. The first kappa shape index (κ1) is 19.7. The van der Waals surface area contributed by atoms with E-state index in [1.54, 1.807) is 12.1 Å². The summed E-state index contributed by atoms with van der Waals surface area (Å²) in [5.41, 5.74) is 8.64. The van der Waals surface area contributed by atoms with Crippen LogP contribution in [-0.4, -0.2) is 34.6 Å². The van der Waals surface area contributed by atoms with Crippen LogP contribution in [0.15, 0.2) is 60.0 Å². The molecule has 1 unspecified atom stereocenters. The second kappa shape index (κ2) is 9.23. The fourth-order valence-corrected chi connectivity index (χ4v) is 3.12. The number of rotatable bonds is 8. The highest BCUT2D eigenvalue weighted by Crippen LogP contribution is 2.24. The van der Waals surface area contributed by atoms with Crippen molar-refractivity contribution in [3.8, 4) is 11.3 Å². The Labute approximate surface area is 165 Å². The molecule has 0 fully saturated rings. The van der Waals surface area contributed by atoms with Gasteiger partial charge in [0, 0.05) is 10.9 Å². The van der Waals surface area contributed by atoms with E-state index in [2.05, 4.69) is 10.3 Å². The number of thiazole rings is 1. The van der Waals surface area contributed by atoms with Crippen molar-refractivity contribution < 1.29 is 19.4 Å². The number of nitrogens with zero attached hydrogens (tertiary/aromatic N) is 1. The number of ether oxygens (including phenoxy) is 1. The van der Waals surface area contributed by atoms with Crippen LogP contribution in [0.2, 0.25) is 0 Å². The summed E-state index contributed by atoms with van der Waals surface area (Å²) in [6, 6.07) is 15.2. The molecule has 0 bridgehead atoms. The number of carbonyl (C=O) groups excluding carboxylic acids is 1. The number of aromatic nitrogens is 1. The molecule has 2 aromatic carbocycles. The topological polar surface area (TPSA) is 115 Å². The second-order valence-corrected chi connectivity index (χ2v) is 6.87. The third-order valence-corrected chi connectivity index (χ3v) is 4.67. The van der Waals surface area contributed by atoms with Crippen LogP contribution in [0.25, 0.3) is 11.3 Å². The lowest BCUT2D eigenvalue weighted by molar-refractivity contribution is -0.118. The Hall–Kier alpha value is -3.07. The lowest BCUT2D eigenvalue weighted by atomic mass is 10.1. The van der Waals surface area contributed by atoms with Crippen LogP contribution in [-0.2, 0) is 16.1 Å². The number of hydrogen-bond acceptors (Lipinski definition) is 6. The molecule has 1 atom stereocenters. The summed E-state index contributed by atoms with van der Waals surface area (Å²) in [7, 11) is 0. The molecule has 1 amide bonds. The van der Waals surface area contributed by atoms with E-state index in [1.807, 2.05) is 35.7 Å². The Bertz CT molecular complexity index is 942. The van der Waals surface area contributed by atoms with Gasteiger partial charge in [0.25, 0.3) is 0 Å². The highest BCUT2D eigenvalue weighted by atomic mass is 32.1. The number of hydrogen-bond donors (Lipinski definition) is 3. The van der Waals surface area contributed by atoms with Crippen molar-refractivity contribution in [2.45, 2.75) is 12.6 Å². The number of carboxylic acids is 1. The van der Waals surface area contributed by atoms with Crippen molar-refractivity contribution in [3.63, 3.8) is 0 Å². The summed E-state index contributed by atoms with van der Waals surface area (Å²) in [6.07, 6.45) is 0. The van der Waals surface area contributed by atoms with Gasteiger partial charge in [0.05, 0.1) is 24.5 Å². The molecule has 0 aliphatic carbocycles. The number of anilines is 1. The maximum Gasteiger partial charge on any atom is 0.335 e. The molecule has 0 spiro atoms. The van der Waals surface area contributed by atoms with Crippen molar-refractivity contribution in [1.29, 1.82) is 0 Å². The molecule has 0 saturated carbocycles. The Morgan fingerprint density at radius 3 is 2.54 bits per heavy atom. The third kappa shape index (κ3) is 5.23. The normalized spacial score (nSPS) is 11.8. The highest BCUT2D eigenvalue weighted by molar-refractivity contribution is 7.14. The van der Waals surface area contributed by atoms with Crippen molar-refractivity contribution in [3.05, 3.63) is 71.1 Å². The maximum atomic E-state index is 12.2. The van der Waals surface area contributed by atoms with Gasteiger partial charge in [0.1, 0.15) is 6.04 Å². The Morgan fingerprint density at radius 2 is 1.86 bits per heavy atom. The van der Waals surface area contributed by atoms with Gasteiger partial charge in [-0.25, -0.2) is 9.78 Å². The molecule has 144 valence electrons. The minimum atomic E-state index is -0.983. The molecular formula is C20H19N3O4S. The Morgan fingerprint density at radius 1 is 1.14 bits per heavy atom. The van der Waals surface area contributed by atoms with Crippen LogP contribution >= 0.6 is 11.3 Å². The predicted octanol–water partition coefficient (Wildman–Crippen LogP) is 2.99. The lowest BCUT2D eigenvalue weighted by Gasteiger charge is -2.11. The Balaban J connectivity index is 1.47. The smallest absolute Gasteiger partial charge is 0.335 e. The summed E-state index contributed by atoms with van der Waals surface area (Å²) in [5.74, 6) is -1.36. The van der Waals surface area contributed by atoms with Gasteiger partial charge in [-0.1, -0.05) is 42.5 Å². The third-order valence-electron chi connectivity index (χ3n) is 3.91. The van der Waals surface area contributed by atoms with Gasteiger partial charge >= 0.3 is 5.97 Å². The Kier molecular flexibility index (Phi) is 6.49. The van der Waals surface area contributed by atoms with E-state index in [0.29, 0.717) is 5.13 Å². The second-order valence-electron chi connectivity index (χ2n) is 6.02. The average Bonchev–Trinajstić information content (AvgIpc) is 3.17. The van der Waals surface area contributed by atoms with E-state index in [-0.39, 0.29) is 24.7 Å². The molecule has 7 nitrogen and oxygen atoms in total. The first-order chi connectivity index (χ1) is 13.5. The molecule has 0 aliphatic rings. The van der Waals surface area contributed by atoms with Crippen LogP contribution in [0.3, 0.4) is 0 Å². The van der Waals surface area contributed by atoms with E-state index in [0.717, 1.165) is 16.8 Å². The van der Waals surface area contributed by atoms with E-state index >= 15 is 0 Å². The quantitative estimate of drug-likeness (QED) is 0.538. The molecule has 3 aromatic rings. The van der Waals surface area contributed by atoms with Crippen molar-refractivity contribution >= 4 is 28.3 Å². The number of carbonyl (C=O) groups is 2. The van der Waals surface area contributed by atoms with E-state index in [9.17, 15) is 9.59 Å². The largest absolute Gasteiger partial charge is 0.478 e. The van der Waals surface area contributed by atoms with Crippen molar-refractivity contribution in [2.75, 3.05) is 11.9 Å². The fourth-order valence-electron chi connectivity index (χ4n) is 2.39.